The van der Waals surface area contributed by atoms with Crippen LogP contribution in [0.1, 0.15) is 179 Å². The molecule has 4 heteroatoms. The molecule has 3 nitrogen and oxygen atoms in total. The summed E-state index contributed by atoms with van der Waals surface area (Å²) in [4.78, 5) is 8.26. The maximum Gasteiger partial charge on any atom is 0.252 e. The first-order valence-electron chi connectivity index (χ1n) is 30.0. The van der Waals surface area contributed by atoms with Gasteiger partial charge in [0.2, 0.25) is 0 Å². The quantitative estimate of drug-likeness (QED) is 0.163. The number of hydrogen-bond donors (Lipinski definition) is 0. The lowest BCUT2D eigenvalue weighted by molar-refractivity contribution is 0.245. The lowest BCUT2D eigenvalue weighted by Crippen LogP contribution is -2.62. The maximum absolute atomic E-state index is 2.84. The molecule has 0 bridgehead atoms. The Morgan fingerprint density at radius 3 is 1.65 bits per heavy atom. The predicted octanol–water partition coefficient (Wildman–Crippen LogP) is 18.6. The molecule has 0 fully saturated rings. The van der Waals surface area contributed by atoms with Gasteiger partial charge in [-0.2, -0.15) is 0 Å². The molecule has 0 saturated heterocycles. The second-order valence-corrected chi connectivity index (χ2v) is 29.8. The molecule has 8 aromatic carbocycles. The van der Waals surface area contributed by atoms with E-state index in [0.29, 0.717) is 0 Å². The summed E-state index contributed by atoms with van der Waals surface area (Å²) in [5, 5.41) is 0. The maximum atomic E-state index is 2.84. The van der Waals surface area contributed by atoms with Crippen molar-refractivity contribution < 1.29 is 0 Å². The van der Waals surface area contributed by atoms with Crippen molar-refractivity contribution >= 4 is 68.6 Å². The first kappa shape index (κ1) is 52.6. The van der Waals surface area contributed by atoms with E-state index in [1.54, 1.807) is 0 Å². The van der Waals surface area contributed by atoms with Crippen molar-refractivity contribution in [1.29, 1.82) is 0 Å². The van der Waals surface area contributed by atoms with E-state index in [4.69, 9.17) is 0 Å². The van der Waals surface area contributed by atoms with Crippen LogP contribution in [0.3, 0.4) is 0 Å². The second-order valence-electron chi connectivity index (χ2n) is 29.8. The van der Waals surface area contributed by atoms with Crippen LogP contribution in [0.5, 0.6) is 0 Å². The molecule has 0 N–H and O–H groups in total. The molecule has 2 atom stereocenters. The molecule has 3 heterocycles. The molecule has 2 aliphatic carbocycles. The number of benzene rings is 8. The molecule has 2 unspecified atom stereocenters. The van der Waals surface area contributed by atoms with E-state index >= 15 is 0 Å². The Kier molecular flexibility index (Phi) is 11.4. The molecule has 80 heavy (non-hydrogen) atoms. The van der Waals surface area contributed by atoms with E-state index in [2.05, 4.69) is 284 Å². The summed E-state index contributed by atoms with van der Waals surface area (Å²) in [5.41, 5.74) is 29.9. The third kappa shape index (κ3) is 7.65. The van der Waals surface area contributed by atoms with Gasteiger partial charge in [-0.1, -0.05) is 206 Å². The molecule has 3 aliphatic heterocycles. The van der Waals surface area contributed by atoms with Crippen LogP contribution in [0.4, 0.5) is 45.5 Å². The van der Waals surface area contributed by atoms with Gasteiger partial charge in [0.05, 0.1) is 11.2 Å². The van der Waals surface area contributed by atoms with Crippen LogP contribution in [0, 0.1) is 13.8 Å². The zero-order chi connectivity index (χ0) is 56.6. The second kappa shape index (κ2) is 17.4. The zero-order valence-electron chi connectivity index (χ0n) is 51.2. The number of fused-ring (bicyclic) bond motifs is 10. The fourth-order valence-electron chi connectivity index (χ4n) is 15.5. The predicted molar refractivity (Wildman–Crippen MR) is 345 cm³/mol. The molecule has 0 radical (unpaired) electrons. The van der Waals surface area contributed by atoms with Crippen LogP contribution >= 0.6 is 0 Å². The first-order valence-corrected chi connectivity index (χ1v) is 30.0. The Hall–Kier alpha value is -6.78. The summed E-state index contributed by atoms with van der Waals surface area (Å²) in [6.07, 6.45) is 4.42. The smallest absolute Gasteiger partial charge is 0.252 e. The van der Waals surface area contributed by atoms with E-state index in [0.717, 1.165) is 25.7 Å². The van der Waals surface area contributed by atoms with Gasteiger partial charge in [-0.25, -0.2) is 0 Å². The van der Waals surface area contributed by atoms with Crippen molar-refractivity contribution in [3.63, 3.8) is 0 Å². The molecular weight excluding hydrogens is 966 g/mol. The lowest BCUT2D eigenvalue weighted by Gasteiger charge is -2.52. The van der Waals surface area contributed by atoms with Crippen molar-refractivity contribution in [3.8, 4) is 11.1 Å². The summed E-state index contributed by atoms with van der Waals surface area (Å²) in [5.74, 6) is 0. The molecule has 8 aromatic rings. The highest BCUT2D eigenvalue weighted by molar-refractivity contribution is 7.00. The number of rotatable bonds is 4. The fourth-order valence-corrected chi connectivity index (χ4v) is 15.5. The van der Waals surface area contributed by atoms with E-state index in [-0.39, 0.29) is 39.2 Å². The fraction of sp³-hybridized carbons (Fsp3) is 0.368. The van der Waals surface area contributed by atoms with Crippen LogP contribution in [0.15, 0.2) is 152 Å². The number of nitrogens with zero attached hydrogens (tertiary/aromatic N) is 3. The molecule has 0 amide bonds. The highest BCUT2D eigenvalue weighted by Crippen LogP contribution is 2.65. The van der Waals surface area contributed by atoms with Crippen molar-refractivity contribution in [1.82, 2.24) is 0 Å². The highest BCUT2D eigenvalue weighted by atomic mass is 15.3. The number of anilines is 8. The van der Waals surface area contributed by atoms with Gasteiger partial charge in [-0.15, -0.1) is 0 Å². The first-order chi connectivity index (χ1) is 37.6. The standard InChI is InChI=1S/C76H84BN3/c1-47-39-48(2)69-60(40-47)75(16)36-35-50-25-21-22-26-57(50)76(75,17)80(69)55-43-66-68-67(44-55)79(63-33-29-52(71(6,7)8)41-56(63)49-23-19-18-20-24-49)65-46-59-58(73(12,13)37-38-74(59,14)15)45-62(65)77(68)61-42-53(72(9,10)11)30-34-64(61)78(66)54-31-27-51(28-32-54)70(3,4)5/h18-34,39-46H,35-38H2,1-17H3. The Morgan fingerprint density at radius 2 is 1.00 bits per heavy atom. The van der Waals surface area contributed by atoms with Crippen molar-refractivity contribution in [2.75, 3.05) is 14.7 Å². The van der Waals surface area contributed by atoms with Gasteiger partial charge in [0.1, 0.15) is 0 Å². The largest absolute Gasteiger partial charge is 0.330 e. The summed E-state index contributed by atoms with van der Waals surface area (Å²) in [6.45, 7) is 41.0. The molecule has 0 aromatic heterocycles. The minimum absolute atomic E-state index is 0.00453. The minimum atomic E-state index is -0.411. The van der Waals surface area contributed by atoms with E-state index in [1.807, 2.05) is 0 Å². The van der Waals surface area contributed by atoms with Crippen LogP contribution in [-0.4, -0.2) is 6.71 Å². The van der Waals surface area contributed by atoms with Gasteiger partial charge in [-0.05, 0) is 194 Å². The molecular formula is C76H84BN3. The van der Waals surface area contributed by atoms with Gasteiger partial charge in [0.15, 0.2) is 0 Å². The third-order valence-corrected chi connectivity index (χ3v) is 20.5. The Morgan fingerprint density at radius 1 is 0.438 bits per heavy atom. The molecule has 0 spiro atoms. The normalized spacial score (nSPS) is 20.3. The van der Waals surface area contributed by atoms with E-state index in [1.165, 1.54) is 129 Å². The number of aryl methyl sites for hydroxylation is 3. The van der Waals surface area contributed by atoms with Crippen LogP contribution in [0.2, 0.25) is 0 Å². The average molecular weight is 1050 g/mol. The van der Waals surface area contributed by atoms with Gasteiger partial charge in [0.25, 0.3) is 6.71 Å². The summed E-state index contributed by atoms with van der Waals surface area (Å²) in [7, 11) is 0. The summed E-state index contributed by atoms with van der Waals surface area (Å²) < 4.78 is 0. The van der Waals surface area contributed by atoms with Crippen LogP contribution in [0.25, 0.3) is 11.1 Å². The third-order valence-electron chi connectivity index (χ3n) is 20.5. The van der Waals surface area contributed by atoms with Gasteiger partial charge >= 0.3 is 0 Å². The van der Waals surface area contributed by atoms with E-state index < -0.39 is 5.54 Å². The average Bonchev–Trinajstić information content (AvgIpc) is 3.37. The number of hydrogen-bond acceptors (Lipinski definition) is 3. The van der Waals surface area contributed by atoms with Crippen molar-refractivity contribution in [3.05, 3.63) is 207 Å². The lowest BCUT2D eigenvalue weighted by atomic mass is 9.33. The van der Waals surface area contributed by atoms with Crippen LogP contribution in [-0.2, 0) is 44.4 Å². The van der Waals surface area contributed by atoms with Crippen molar-refractivity contribution in [2.45, 2.75) is 181 Å². The monoisotopic (exact) mass is 1050 g/mol. The summed E-state index contributed by atoms with van der Waals surface area (Å²) in [6, 6.07) is 60.8. The molecule has 406 valence electrons. The van der Waals surface area contributed by atoms with E-state index in [9.17, 15) is 0 Å². The van der Waals surface area contributed by atoms with Crippen LogP contribution < -0.4 is 31.1 Å². The molecule has 13 rings (SSSR count). The highest BCUT2D eigenvalue weighted by Gasteiger charge is 2.61. The van der Waals surface area contributed by atoms with Gasteiger partial charge < -0.3 is 14.7 Å². The topological polar surface area (TPSA) is 9.72 Å². The van der Waals surface area contributed by atoms with Gasteiger partial charge in [0, 0.05) is 50.8 Å². The Bertz CT molecular complexity index is 3860. The summed E-state index contributed by atoms with van der Waals surface area (Å²) >= 11 is 0. The zero-order valence-corrected chi connectivity index (χ0v) is 51.2. The Labute approximate surface area is 480 Å². The SMILES string of the molecule is Cc1cc(C)c2c(c1)C1(C)CCc3ccccc3C1(C)N2c1cc2c3c(c1)N(c1ccc(C(C)(C)C)cc1-c1ccccc1)c1cc4c(cc1B3c1cc(C(C)(C)C)ccc1N2c1ccc(C(C)(C)C)cc1)C(C)(C)CCC4(C)C. The molecule has 5 aliphatic rings. The van der Waals surface area contributed by atoms with Gasteiger partial charge in [-0.3, -0.25) is 0 Å². The minimum Gasteiger partial charge on any atom is -0.330 e. The molecule has 0 saturated carbocycles. The Balaban J connectivity index is 1.22. The van der Waals surface area contributed by atoms with Crippen molar-refractivity contribution in [2.24, 2.45) is 0 Å².